The lowest BCUT2D eigenvalue weighted by molar-refractivity contribution is -0.385. The molecule has 1 N–H and O–H groups in total. The predicted molar refractivity (Wildman–Crippen MR) is 104 cm³/mol. The van der Waals surface area contributed by atoms with Gasteiger partial charge in [-0.1, -0.05) is 32.0 Å². The first-order valence-electron chi connectivity index (χ1n) is 8.81. The fraction of sp³-hybridized carbons (Fsp3) is 0.300. The second kappa shape index (κ2) is 9.50. The number of nitro groups is 1. The van der Waals surface area contributed by atoms with Gasteiger partial charge in [-0.2, -0.15) is 0 Å². The third-order valence-electron chi connectivity index (χ3n) is 4.20. The quantitative estimate of drug-likeness (QED) is 0.422. The van der Waals surface area contributed by atoms with Crippen molar-refractivity contribution in [3.8, 4) is 5.75 Å². The fourth-order valence-electron chi connectivity index (χ4n) is 2.75. The van der Waals surface area contributed by atoms with E-state index < -0.39 is 23.4 Å². The van der Waals surface area contributed by atoms with Crippen LogP contribution in [0.3, 0.4) is 0 Å². The number of nitrogens with zero attached hydrogens (tertiary/aromatic N) is 1. The molecule has 1 amide bonds. The summed E-state index contributed by atoms with van der Waals surface area (Å²) in [7, 11) is 1.20. The molecule has 0 heterocycles. The molecule has 8 heteroatoms. The van der Waals surface area contributed by atoms with Crippen LogP contribution in [-0.2, 0) is 22.4 Å². The number of ether oxygens (including phenoxy) is 2. The molecule has 0 aliphatic rings. The molecule has 0 spiro atoms. The van der Waals surface area contributed by atoms with E-state index in [1.807, 2.05) is 32.0 Å². The van der Waals surface area contributed by atoms with E-state index in [2.05, 4.69) is 10.1 Å². The molecule has 0 unspecified atom stereocenters. The van der Waals surface area contributed by atoms with Gasteiger partial charge in [-0.3, -0.25) is 14.9 Å². The van der Waals surface area contributed by atoms with Gasteiger partial charge in [0.05, 0.1) is 17.6 Å². The van der Waals surface area contributed by atoms with Crippen molar-refractivity contribution in [2.75, 3.05) is 19.0 Å². The average molecular weight is 386 g/mol. The molecule has 28 heavy (non-hydrogen) atoms. The zero-order chi connectivity index (χ0) is 20.7. The second-order valence-electron chi connectivity index (χ2n) is 5.93. The van der Waals surface area contributed by atoms with Crippen molar-refractivity contribution in [1.29, 1.82) is 0 Å². The Hall–Kier alpha value is -3.42. The maximum Gasteiger partial charge on any atom is 0.337 e. The SMILES string of the molecule is CCc1cccc(CC)c1NC(=O)COc1cc(C(=O)OC)ccc1[N+](=O)[O-]. The minimum Gasteiger partial charge on any atom is -0.477 e. The molecular formula is C20H22N2O6. The Balaban J connectivity index is 2.19. The van der Waals surface area contributed by atoms with E-state index in [-0.39, 0.29) is 17.0 Å². The lowest BCUT2D eigenvalue weighted by Crippen LogP contribution is -2.22. The van der Waals surface area contributed by atoms with Crippen LogP contribution in [0.15, 0.2) is 36.4 Å². The molecule has 8 nitrogen and oxygen atoms in total. The Morgan fingerprint density at radius 2 is 1.75 bits per heavy atom. The summed E-state index contributed by atoms with van der Waals surface area (Å²) in [6.45, 7) is 3.54. The molecule has 0 aliphatic heterocycles. The smallest absolute Gasteiger partial charge is 0.337 e. The number of carbonyl (C=O) groups excluding carboxylic acids is 2. The molecule has 0 atom stereocenters. The molecule has 0 saturated heterocycles. The Bertz CT molecular complexity index is 872. The number of para-hydroxylation sites is 1. The summed E-state index contributed by atoms with van der Waals surface area (Å²) in [4.78, 5) is 34.6. The van der Waals surface area contributed by atoms with Crippen LogP contribution in [0.25, 0.3) is 0 Å². The highest BCUT2D eigenvalue weighted by molar-refractivity contribution is 5.94. The maximum absolute atomic E-state index is 12.4. The number of nitro benzene ring substituents is 1. The van der Waals surface area contributed by atoms with Crippen molar-refractivity contribution in [2.45, 2.75) is 26.7 Å². The topological polar surface area (TPSA) is 108 Å². The van der Waals surface area contributed by atoms with E-state index in [1.165, 1.54) is 19.2 Å². The fourth-order valence-corrected chi connectivity index (χ4v) is 2.75. The number of methoxy groups -OCH3 is 1. The summed E-state index contributed by atoms with van der Waals surface area (Å²) in [5.74, 6) is -1.29. The lowest BCUT2D eigenvalue weighted by atomic mass is 10.0. The Kier molecular flexibility index (Phi) is 7.08. The zero-order valence-corrected chi connectivity index (χ0v) is 16.0. The van der Waals surface area contributed by atoms with Crippen molar-refractivity contribution < 1.29 is 24.0 Å². The monoisotopic (exact) mass is 386 g/mol. The van der Waals surface area contributed by atoms with Crippen molar-refractivity contribution in [2.24, 2.45) is 0 Å². The minimum absolute atomic E-state index is 0.0908. The highest BCUT2D eigenvalue weighted by atomic mass is 16.6. The number of amides is 1. The van der Waals surface area contributed by atoms with E-state index in [9.17, 15) is 19.7 Å². The molecule has 2 aromatic rings. The van der Waals surface area contributed by atoms with Crippen molar-refractivity contribution in [3.05, 3.63) is 63.2 Å². The summed E-state index contributed by atoms with van der Waals surface area (Å²) in [6, 6.07) is 9.39. The van der Waals surface area contributed by atoms with Crippen molar-refractivity contribution >= 4 is 23.3 Å². The van der Waals surface area contributed by atoms with Crippen LogP contribution >= 0.6 is 0 Å². The first-order chi connectivity index (χ1) is 13.4. The summed E-state index contributed by atoms with van der Waals surface area (Å²) >= 11 is 0. The first kappa shape index (κ1) is 20.9. The highest BCUT2D eigenvalue weighted by Crippen LogP contribution is 2.28. The van der Waals surface area contributed by atoms with Crippen LogP contribution in [-0.4, -0.2) is 30.5 Å². The molecule has 0 saturated carbocycles. The number of benzene rings is 2. The van der Waals surface area contributed by atoms with Crippen molar-refractivity contribution in [3.63, 3.8) is 0 Å². The van der Waals surface area contributed by atoms with Crippen LogP contribution in [0.4, 0.5) is 11.4 Å². The van der Waals surface area contributed by atoms with Gasteiger partial charge >= 0.3 is 11.7 Å². The van der Waals surface area contributed by atoms with Crippen LogP contribution < -0.4 is 10.1 Å². The van der Waals surface area contributed by atoms with E-state index in [0.29, 0.717) is 0 Å². The highest BCUT2D eigenvalue weighted by Gasteiger charge is 2.20. The van der Waals surface area contributed by atoms with Gasteiger partial charge in [-0.05, 0) is 30.0 Å². The second-order valence-corrected chi connectivity index (χ2v) is 5.93. The molecule has 0 radical (unpaired) electrons. The first-order valence-corrected chi connectivity index (χ1v) is 8.81. The van der Waals surface area contributed by atoms with Crippen LogP contribution in [0.5, 0.6) is 5.75 Å². The van der Waals surface area contributed by atoms with E-state index >= 15 is 0 Å². The molecule has 0 bridgehead atoms. The third kappa shape index (κ3) is 4.85. The van der Waals surface area contributed by atoms with Gasteiger partial charge in [-0.25, -0.2) is 4.79 Å². The summed E-state index contributed by atoms with van der Waals surface area (Å²) in [5.41, 5.74) is 2.47. The molecule has 0 fully saturated rings. The molecular weight excluding hydrogens is 364 g/mol. The van der Waals surface area contributed by atoms with Crippen LogP contribution in [0.2, 0.25) is 0 Å². The van der Waals surface area contributed by atoms with Crippen LogP contribution in [0.1, 0.15) is 35.3 Å². The molecule has 2 rings (SSSR count). The number of anilines is 1. The third-order valence-corrected chi connectivity index (χ3v) is 4.20. The molecule has 0 aromatic heterocycles. The summed E-state index contributed by atoms with van der Waals surface area (Å²) in [5, 5.41) is 14.0. The number of aryl methyl sites for hydroxylation is 2. The van der Waals surface area contributed by atoms with Gasteiger partial charge in [0.25, 0.3) is 5.91 Å². The van der Waals surface area contributed by atoms with Crippen molar-refractivity contribution in [1.82, 2.24) is 0 Å². The number of carbonyl (C=O) groups is 2. The number of esters is 1. The van der Waals surface area contributed by atoms with Gasteiger partial charge < -0.3 is 14.8 Å². The Morgan fingerprint density at radius 3 is 2.29 bits per heavy atom. The number of rotatable bonds is 8. The molecule has 148 valence electrons. The van der Waals surface area contributed by atoms with Gasteiger partial charge in [0.1, 0.15) is 0 Å². The number of nitrogens with one attached hydrogen (secondary N) is 1. The van der Waals surface area contributed by atoms with Gasteiger partial charge in [0.2, 0.25) is 0 Å². The normalized spacial score (nSPS) is 10.2. The Labute approximate surface area is 162 Å². The number of hydrogen-bond acceptors (Lipinski definition) is 6. The van der Waals surface area contributed by atoms with E-state index in [4.69, 9.17) is 4.74 Å². The predicted octanol–water partition coefficient (Wildman–Crippen LogP) is 3.52. The van der Waals surface area contributed by atoms with E-state index in [1.54, 1.807) is 0 Å². The average Bonchev–Trinajstić information content (AvgIpc) is 2.71. The minimum atomic E-state index is -0.659. The van der Waals surface area contributed by atoms with E-state index in [0.717, 1.165) is 35.7 Å². The van der Waals surface area contributed by atoms with Crippen LogP contribution in [0, 0.1) is 10.1 Å². The zero-order valence-electron chi connectivity index (χ0n) is 16.0. The summed E-state index contributed by atoms with van der Waals surface area (Å²) < 4.78 is 9.96. The van der Waals surface area contributed by atoms with Gasteiger partial charge in [0, 0.05) is 17.8 Å². The number of hydrogen-bond donors (Lipinski definition) is 1. The van der Waals surface area contributed by atoms with Gasteiger partial charge in [0.15, 0.2) is 12.4 Å². The largest absolute Gasteiger partial charge is 0.477 e. The molecule has 0 aliphatic carbocycles. The lowest BCUT2D eigenvalue weighted by Gasteiger charge is -2.15. The van der Waals surface area contributed by atoms with Gasteiger partial charge in [-0.15, -0.1) is 0 Å². The summed E-state index contributed by atoms with van der Waals surface area (Å²) in [6.07, 6.45) is 1.49. The molecule has 2 aromatic carbocycles. The standard InChI is InChI=1S/C20H22N2O6/c1-4-13-7-6-8-14(5-2)19(13)21-18(23)12-28-17-11-15(20(24)27-3)9-10-16(17)22(25)26/h6-11H,4-5,12H2,1-3H3,(H,21,23). The maximum atomic E-state index is 12.4. The Morgan fingerprint density at radius 1 is 1.11 bits per heavy atom.